The van der Waals surface area contributed by atoms with Crippen LogP contribution in [0.25, 0.3) is 0 Å². The maximum atomic E-state index is 12.6. The lowest BCUT2D eigenvalue weighted by Crippen LogP contribution is -2.30. The molecule has 0 saturated heterocycles. The van der Waals surface area contributed by atoms with Crippen molar-refractivity contribution in [2.75, 3.05) is 7.11 Å². The van der Waals surface area contributed by atoms with Crippen LogP contribution in [0.4, 0.5) is 0 Å². The van der Waals surface area contributed by atoms with Gasteiger partial charge in [0.05, 0.1) is 36.9 Å². The minimum Gasteiger partial charge on any atom is -0.469 e. The van der Waals surface area contributed by atoms with E-state index in [1.54, 1.807) is 10.9 Å². The number of carbonyl (C=O) groups excluding carboxylic acids is 2. The number of carbonyl (C=O) groups is 2. The van der Waals surface area contributed by atoms with Gasteiger partial charge in [-0.1, -0.05) is 28.1 Å². The first-order chi connectivity index (χ1) is 11.7. The Kier molecular flexibility index (Phi) is 6.00. The lowest BCUT2D eigenvalue weighted by atomic mass is 10.0. The molecule has 134 valence electrons. The highest BCUT2D eigenvalue weighted by molar-refractivity contribution is 9.10. The molecular weight excluding hydrogens is 386 g/mol. The number of rotatable bonds is 5. The van der Waals surface area contributed by atoms with E-state index in [1.165, 1.54) is 13.3 Å². The molecule has 0 aliphatic heterocycles. The predicted octanol–water partition coefficient (Wildman–Crippen LogP) is 3.43. The second-order valence-electron chi connectivity index (χ2n) is 6.70. The van der Waals surface area contributed by atoms with E-state index < -0.39 is 12.0 Å². The second kappa shape index (κ2) is 7.82. The molecule has 1 amide bonds. The van der Waals surface area contributed by atoms with E-state index in [2.05, 4.69) is 26.3 Å². The zero-order valence-electron chi connectivity index (χ0n) is 14.7. The molecule has 0 radical (unpaired) electrons. The summed E-state index contributed by atoms with van der Waals surface area (Å²) in [5.74, 6) is -0.675. The molecule has 1 atom stereocenters. The maximum absolute atomic E-state index is 12.6. The molecule has 1 aromatic carbocycles. The van der Waals surface area contributed by atoms with E-state index in [0.29, 0.717) is 5.56 Å². The largest absolute Gasteiger partial charge is 0.469 e. The van der Waals surface area contributed by atoms with Crippen molar-refractivity contribution in [3.63, 3.8) is 0 Å². The van der Waals surface area contributed by atoms with Gasteiger partial charge >= 0.3 is 5.97 Å². The van der Waals surface area contributed by atoms with Gasteiger partial charge in [-0.3, -0.25) is 14.3 Å². The highest BCUT2D eigenvalue weighted by Crippen LogP contribution is 2.21. The molecule has 2 rings (SSSR count). The summed E-state index contributed by atoms with van der Waals surface area (Å²) in [5, 5.41) is 7.13. The van der Waals surface area contributed by atoms with Crippen molar-refractivity contribution < 1.29 is 14.3 Å². The Labute approximate surface area is 155 Å². The van der Waals surface area contributed by atoms with Crippen LogP contribution in [-0.4, -0.2) is 28.8 Å². The van der Waals surface area contributed by atoms with Crippen molar-refractivity contribution >= 4 is 27.8 Å². The minimum absolute atomic E-state index is 0.0529. The van der Waals surface area contributed by atoms with E-state index in [9.17, 15) is 9.59 Å². The normalized spacial score (nSPS) is 12.5. The molecule has 6 nitrogen and oxygen atoms in total. The zero-order chi connectivity index (χ0) is 18.6. The van der Waals surface area contributed by atoms with Gasteiger partial charge in [-0.05, 0) is 38.5 Å². The van der Waals surface area contributed by atoms with Crippen molar-refractivity contribution in [3.8, 4) is 0 Å². The molecule has 2 aromatic rings. The first kappa shape index (κ1) is 19.2. The molecular formula is C18H22BrN3O3. The van der Waals surface area contributed by atoms with Crippen LogP contribution in [-0.2, 0) is 15.1 Å². The number of methoxy groups -OCH3 is 1. The summed E-state index contributed by atoms with van der Waals surface area (Å²) in [7, 11) is 1.33. The molecule has 0 saturated carbocycles. The van der Waals surface area contributed by atoms with Crippen molar-refractivity contribution in [3.05, 3.63) is 52.3 Å². The van der Waals surface area contributed by atoms with Crippen molar-refractivity contribution in [2.45, 2.75) is 38.8 Å². The van der Waals surface area contributed by atoms with Crippen molar-refractivity contribution in [2.24, 2.45) is 0 Å². The van der Waals surface area contributed by atoms with Crippen LogP contribution in [0.15, 0.2) is 41.1 Å². The van der Waals surface area contributed by atoms with Crippen LogP contribution < -0.4 is 5.32 Å². The van der Waals surface area contributed by atoms with Crippen LogP contribution in [0, 0.1) is 0 Å². The third kappa shape index (κ3) is 5.16. The van der Waals surface area contributed by atoms with Crippen LogP contribution in [0.2, 0.25) is 0 Å². The third-order valence-electron chi connectivity index (χ3n) is 3.71. The number of ether oxygens (including phenoxy) is 1. The van der Waals surface area contributed by atoms with E-state index in [4.69, 9.17) is 4.74 Å². The van der Waals surface area contributed by atoms with Gasteiger partial charge in [0.2, 0.25) is 0 Å². The number of halogens is 1. The van der Waals surface area contributed by atoms with Crippen LogP contribution in [0.1, 0.15) is 49.2 Å². The second-order valence-corrected chi connectivity index (χ2v) is 7.62. The van der Waals surface area contributed by atoms with Gasteiger partial charge in [-0.2, -0.15) is 5.10 Å². The standard InChI is InChI=1S/C18H22BrN3O3/c1-18(2,3)22-11-13(10-20-22)17(24)21-15(9-16(23)25-4)12-5-7-14(19)8-6-12/h5-8,10-11,15H,9H2,1-4H3,(H,21,24). The van der Waals surface area contributed by atoms with Gasteiger partial charge in [0.25, 0.3) is 5.91 Å². The Hall–Kier alpha value is -2.15. The van der Waals surface area contributed by atoms with Gasteiger partial charge in [0.15, 0.2) is 0 Å². The molecule has 1 unspecified atom stereocenters. The zero-order valence-corrected chi connectivity index (χ0v) is 16.3. The fourth-order valence-corrected chi connectivity index (χ4v) is 2.51. The van der Waals surface area contributed by atoms with Gasteiger partial charge in [-0.25, -0.2) is 0 Å². The third-order valence-corrected chi connectivity index (χ3v) is 4.24. The molecule has 0 spiro atoms. The monoisotopic (exact) mass is 407 g/mol. The molecule has 1 N–H and O–H groups in total. The fourth-order valence-electron chi connectivity index (χ4n) is 2.25. The summed E-state index contributed by atoms with van der Waals surface area (Å²) in [6, 6.07) is 6.96. The number of benzene rings is 1. The molecule has 0 fully saturated rings. The summed E-state index contributed by atoms with van der Waals surface area (Å²) < 4.78 is 7.40. The van der Waals surface area contributed by atoms with Crippen LogP contribution in [0.5, 0.6) is 0 Å². The molecule has 0 aliphatic rings. The quantitative estimate of drug-likeness (QED) is 0.770. The average molecular weight is 408 g/mol. The fraction of sp³-hybridized carbons (Fsp3) is 0.389. The van der Waals surface area contributed by atoms with E-state index in [0.717, 1.165) is 10.0 Å². The van der Waals surface area contributed by atoms with E-state index in [-0.39, 0.29) is 17.9 Å². The van der Waals surface area contributed by atoms with Crippen LogP contribution in [0.3, 0.4) is 0 Å². The number of hydrogen-bond acceptors (Lipinski definition) is 4. The highest BCUT2D eigenvalue weighted by Gasteiger charge is 2.22. The summed E-state index contributed by atoms with van der Waals surface area (Å²) >= 11 is 3.38. The Morgan fingerprint density at radius 3 is 2.44 bits per heavy atom. The minimum atomic E-state index is -0.481. The van der Waals surface area contributed by atoms with Crippen molar-refractivity contribution in [1.29, 1.82) is 0 Å². The van der Waals surface area contributed by atoms with Gasteiger partial charge in [0, 0.05) is 10.7 Å². The topological polar surface area (TPSA) is 73.2 Å². The van der Waals surface area contributed by atoms with E-state index in [1.807, 2.05) is 45.0 Å². The first-order valence-corrected chi connectivity index (χ1v) is 8.68. The molecule has 0 aliphatic carbocycles. The van der Waals surface area contributed by atoms with Crippen LogP contribution >= 0.6 is 15.9 Å². The Morgan fingerprint density at radius 2 is 1.92 bits per heavy atom. The van der Waals surface area contributed by atoms with E-state index >= 15 is 0 Å². The SMILES string of the molecule is COC(=O)CC(NC(=O)c1cnn(C(C)(C)C)c1)c1ccc(Br)cc1. The molecule has 7 heteroatoms. The van der Waals surface area contributed by atoms with Crippen molar-refractivity contribution in [1.82, 2.24) is 15.1 Å². The van der Waals surface area contributed by atoms with Gasteiger partial charge < -0.3 is 10.1 Å². The Bertz CT molecular complexity index is 748. The summed E-state index contributed by atoms with van der Waals surface area (Å²) in [4.78, 5) is 24.3. The highest BCUT2D eigenvalue weighted by atomic mass is 79.9. The van der Waals surface area contributed by atoms with Gasteiger partial charge in [-0.15, -0.1) is 0 Å². The Balaban J connectivity index is 2.20. The van der Waals surface area contributed by atoms with Gasteiger partial charge in [0.1, 0.15) is 0 Å². The number of hydrogen-bond donors (Lipinski definition) is 1. The number of nitrogens with zero attached hydrogens (tertiary/aromatic N) is 2. The molecule has 25 heavy (non-hydrogen) atoms. The lowest BCUT2D eigenvalue weighted by molar-refractivity contribution is -0.141. The summed E-state index contributed by atoms with van der Waals surface area (Å²) in [6.45, 7) is 6.01. The first-order valence-electron chi connectivity index (χ1n) is 7.89. The number of amides is 1. The number of esters is 1. The average Bonchev–Trinajstić information content (AvgIpc) is 3.05. The number of nitrogens with one attached hydrogen (secondary N) is 1. The summed E-state index contributed by atoms with van der Waals surface area (Å²) in [5.41, 5.74) is 1.06. The Morgan fingerprint density at radius 1 is 1.28 bits per heavy atom. The predicted molar refractivity (Wildman–Crippen MR) is 98.2 cm³/mol. The molecule has 1 heterocycles. The molecule has 1 aromatic heterocycles. The summed E-state index contributed by atoms with van der Waals surface area (Å²) in [6.07, 6.45) is 3.28. The molecule has 0 bridgehead atoms. The maximum Gasteiger partial charge on any atom is 0.307 e. The lowest BCUT2D eigenvalue weighted by Gasteiger charge is -2.19. The smallest absolute Gasteiger partial charge is 0.307 e. The number of aromatic nitrogens is 2.